The molecule has 0 aliphatic rings. The maximum Gasteiger partial charge on any atom is 0.285 e. The van der Waals surface area contributed by atoms with Crippen LogP contribution in [0.1, 0.15) is 0 Å². The highest BCUT2D eigenvalue weighted by molar-refractivity contribution is 7.90. The number of benzene rings is 2. The quantitative estimate of drug-likeness (QED) is 0.234. The monoisotopic (exact) mass is 398 g/mol. The van der Waals surface area contributed by atoms with Crippen LogP contribution < -0.4 is 27.8 Å². The van der Waals surface area contributed by atoms with Crippen molar-refractivity contribution in [3.8, 4) is 0 Å². The second kappa shape index (κ2) is 7.80. The van der Waals surface area contributed by atoms with Gasteiger partial charge < -0.3 is 27.8 Å². The molecule has 1 aromatic heterocycles. The van der Waals surface area contributed by atoms with Crippen LogP contribution in [0.3, 0.4) is 0 Å². The van der Waals surface area contributed by atoms with Gasteiger partial charge in [0, 0.05) is 17.1 Å². The van der Waals surface area contributed by atoms with Crippen LogP contribution in [-0.4, -0.2) is 24.6 Å². The molecule has 28 heavy (non-hydrogen) atoms. The molecular weight excluding hydrogens is 380 g/mol. The molecule has 1 heterocycles. The number of hydrogen-bond acceptors (Lipinski definition) is 7. The summed E-state index contributed by atoms with van der Waals surface area (Å²) in [5.74, 6) is 0.511. The molecule has 0 spiro atoms. The van der Waals surface area contributed by atoms with Gasteiger partial charge in [0.25, 0.3) is 10.0 Å². The molecule has 0 bridgehead atoms. The average molecular weight is 398 g/mol. The second-order valence-corrected chi connectivity index (χ2v) is 7.30. The zero-order valence-electron chi connectivity index (χ0n) is 14.6. The predicted octanol–water partition coefficient (Wildman–Crippen LogP) is 1.51. The Balaban J connectivity index is 1.68. The van der Waals surface area contributed by atoms with Crippen molar-refractivity contribution in [2.45, 2.75) is 4.90 Å². The average Bonchev–Trinajstić information content (AvgIpc) is 2.63. The largest absolute Gasteiger partial charge is 0.399 e. The summed E-state index contributed by atoms with van der Waals surface area (Å²) in [6.45, 7) is 0. The molecule has 0 saturated heterocycles. The second-order valence-electron chi connectivity index (χ2n) is 5.69. The van der Waals surface area contributed by atoms with Gasteiger partial charge in [-0.25, -0.2) is 0 Å². The van der Waals surface area contributed by atoms with E-state index in [4.69, 9.17) is 17.2 Å². The lowest BCUT2D eigenvalue weighted by molar-refractivity contribution is 0.598. The van der Waals surface area contributed by atoms with Crippen LogP contribution in [0, 0.1) is 0 Å². The Morgan fingerprint density at radius 1 is 0.857 bits per heavy atom. The fraction of sp³-hybridized carbons (Fsp3) is 0. The third kappa shape index (κ3) is 4.86. The zero-order chi connectivity index (χ0) is 20.1. The first kappa shape index (κ1) is 18.9. The summed E-state index contributed by atoms with van der Waals surface area (Å²) in [7, 11) is -3.92. The summed E-state index contributed by atoms with van der Waals surface area (Å²) in [6.07, 6.45) is 0. The van der Waals surface area contributed by atoms with Crippen molar-refractivity contribution in [1.29, 1.82) is 0 Å². The topological polar surface area (TPSA) is 174 Å². The Hall–Kier alpha value is -3.86. The highest BCUT2D eigenvalue weighted by Crippen LogP contribution is 2.20. The Bertz CT molecular complexity index is 1090. The van der Waals surface area contributed by atoms with Gasteiger partial charge in [0.15, 0.2) is 11.6 Å². The minimum Gasteiger partial charge on any atom is -0.399 e. The summed E-state index contributed by atoms with van der Waals surface area (Å²) in [5, 5.41) is 14.3. The van der Waals surface area contributed by atoms with E-state index in [0.29, 0.717) is 23.0 Å². The van der Waals surface area contributed by atoms with Gasteiger partial charge in [-0.3, -0.25) is 0 Å². The van der Waals surface area contributed by atoms with Gasteiger partial charge in [-0.1, -0.05) is 6.07 Å². The number of sulfonamides is 1. The van der Waals surface area contributed by atoms with Crippen molar-refractivity contribution in [3.05, 3.63) is 60.7 Å². The molecule has 3 rings (SSSR count). The van der Waals surface area contributed by atoms with Gasteiger partial charge >= 0.3 is 0 Å². The molecule has 0 atom stereocenters. The van der Waals surface area contributed by atoms with Crippen molar-refractivity contribution >= 4 is 44.7 Å². The number of nitrogens with zero attached hydrogens (tertiary/aromatic N) is 3. The van der Waals surface area contributed by atoms with Crippen molar-refractivity contribution in [2.75, 3.05) is 16.4 Å². The van der Waals surface area contributed by atoms with E-state index >= 15 is 0 Å². The van der Waals surface area contributed by atoms with Crippen LogP contribution in [0.2, 0.25) is 0 Å². The van der Waals surface area contributed by atoms with E-state index in [1.807, 2.05) is 12.1 Å². The van der Waals surface area contributed by atoms with E-state index < -0.39 is 16.0 Å². The Morgan fingerprint density at radius 2 is 1.46 bits per heavy atom. The zero-order valence-corrected chi connectivity index (χ0v) is 15.4. The summed E-state index contributed by atoms with van der Waals surface area (Å²) in [6, 6.07) is 16.6. The number of nitrogens with two attached hydrogens (primary N) is 3. The normalized spacial score (nSPS) is 10.9. The van der Waals surface area contributed by atoms with Gasteiger partial charge in [-0.15, -0.1) is 14.6 Å². The number of aromatic nitrogens is 2. The van der Waals surface area contributed by atoms with Crippen LogP contribution in [0.15, 0.2) is 70.0 Å². The van der Waals surface area contributed by atoms with Gasteiger partial charge in [-0.2, -0.15) is 8.42 Å². The number of nitrogens with one attached hydrogen (secondary N) is 2. The highest BCUT2D eigenvalue weighted by atomic mass is 32.2. The molecule has 0 unspecified atom stereocenters. The van der Waals surface area contributed by atoms with E-state index in [1.165, 1.54) is 12.1 Å². The van der Waals surface area contributed by atoms with Gasteiger partial charge in [0.1, 0.15) is 0 Å². The predicted molar refractivity (Wildman–Crippen MR) is 109 cm³/mol. The highest BCUT2D eigenvalue weighted by Gasteiger charge is 2.12. The molecule has 144 valence electrons. The van der Waals surface area contributed by atoms with E-state index in [9.17, 15) is 8.42 Å². The maximum atomic E-state index is 11.9. The van der Waals surface area contributed by atoms with E-state index in [-0.39, 0.29) is 4.90 Å². The maximum absolute atomic E-state index is 11.9. The smallest absolute Gasteiger partial charge is 0.285 e. The first-order valence-electron chi connectivity index (χ1n) is 8.01. The Labute approximate surface area is 161 Å². The molecule has 10 nitrogen and oxygen atoms in total. The first-order valence-corrected chi connectivity index (χ1v) is 9.45. The SMILES string of the molecule is NC(N)=NS(=O)(=O)c1ccc(Nc2ccc(Nc3cccc(N)c3)nn2)cc1. The fourth-order valence-corrected chi connectivity index (χ4v) is 3.14. The molecule has 11 heteroatoms. The summed E-state index contributed by atoms with van der Waals surface area (Å²) >= 11 is 0. The lowest BCUT2D eigenvalue weighted by atomic mass is 10.3. The minimum absolute atomic E-state index is 0.0285. The van der Waals surface area contributed by atoms with Crippen molar-refractivity contribution in [3.63, 3.8) is 0 Å². The number of anilines is 5. The van der Waals surface area contributed by atoms with E-state index in [0.717, 1.165) is 5.69 Å². The van der Waals surface area contributed by atoms with Gasteiger partial charge in [0.2, 0.25) is 5.96 Å². The van der Waals surface area contributed by atoms with E-state index in [1.54, 1.807) is 36.4 Å². The Morgan fingerprint density at radius 3 is 2.00 bits per heavy atom. The molecule has 2 aromatic carbocycles. The van der Waals surface area contributed by atoms with Crippen LogP contribution in [0.25, 0.3) is 0 Å². The van der Waals surface area contributed by atoms with Gasteiger partial charge in [-0.05, 0) is 54.6 Å². The van der Waals surface area contributed by atoms with Crippen LogP contribution >= 0.6 is 0 Å². The summed E-state index contributed by atoms with van der Waals surface area (Å²) in [5.41, 5.74) is 18.1. The molecule has 0 saturated carbocycles. The lowest BCUT2D eigenvalue weighted by Gasteiger charge is -2.08. The van der Waals surface area contributed by atoms with E-state index in [2.05, 4.69) is 25.2 Å². The van der Waals surface area contributed by atoms with Crippen LogP contribution in [0.5, 0.6) is 0 Å². The molecule has 8 N–H and O–H groups in total. The molecule has 0 fully saturated rings. The molecule has 0 aliphatic carbocycles. The molecule has 3 aromatic rings. The van der Waals surface area contributed by atoms with Crippen molar-refractivity contribution in [2.24, 2.45) is 15.9 Å². The first-order chi connectivity index (χ1) is 13.3. The molecule has 0 amide bonds. The minimum atomic E-state index is -3.92. The van der Waals surface area contributed by atoms with Crippen LogP contribution in [0.4, 0.5) is 28.7 Å². The summed E-state index contributed by atoms with van der Waals surface area (Å²) in [4.78, 5) is -0.0285. The number of guanidine groups is 1. The summed E-state index contributed by atoms with van der Waals surface area (Å²) < 4.78 is 27.1. The third-order valence-corrected chi connectivity index (χ3v) is 4.79. The standard InChI is InChI=1S/C17H18N8O2S/c18-11-2-1-3-13(10-11)22-16-9-8-15(23-24-16)21-12-4-6-14(7-5-12)28(26,27)25-17(19)20/h1-10H,18H2,(H,21,23)(H,22,24)(H4,19,20,25). The number of rotatable bonds is 6. The van der Waals surface area contributed by atoms with Crippen molar-refractivity contribution < 1.29 is 8.42 Å². The van der Waals surface area contributed by atoms with Gasteiger partial charge in [0.05, 0.1) is 4.90 Å². The third-order valence-electron chi connectivity index (χ3n) is 3.47. The lowest BCUT2D eigenvalue weighted by Crippen LogP contribution is -2.24. The van der Waals surface area contributed by atoms with Crippen molar-refractivity contribution in [1.82, 2.24) is 10.2 Å². The van der Waals surface area contributed by atoms with Crippen LogP contribution in [-0.2, 0) is 10.0 Å². The molecular formula is C17H18N8O2S. The fourth-order valence-electron chi connectivity index (χ4n) is 2.28. The molecule has 0 aliphatic heterocycles. The number of nitrogen functional groups attached to an aromatic ring is 1. The Kier molecular flexibility index (Phi) is 5.27. The number of hydrogen-bond donors (Lipinski definition) is 5. The molecule has 0 radical (unpaired) electrons.